The second-order valence-electron chi connectivity index (χ2n) is 12.5. The van der Waals surface area contributed by atoms with Gasteiger partial charge in [-0.15, -0.1) is 0 Å². The number of aromatic carboxylic acids is 1. The van der Waals surface area contributed by atoms with Crippen molar-refractivity contribution in [2.75, 3.05) is 13.2 Å². The maximum atomic E-state index is 14.0. The Morgan fingerprint density at radius 2 is 1.77 bits per heavy atom. The zero-order valence-corrected chi connectivity index (χ0v) is 23.4. The number of carbonyl (C=O) groups is 3. The van der Waals surface area contributed by atoms with E-state index in [1.54, 1.807) is 6.92 Å². The summed E-state index contributed by atoms with van der Waals surface area (Å²) in [5.41, 5.74) is 2.45. The van der Waals surface area contributed by atoms with Gasteiger partial charge >= 0.3 is 5.97 Å². The van der Waals surface area contributed by atoms with E-state index < -0.39 is 5.97 Å². The van der Waals surface area contributed by atoms with Crippen LogP contribution in [0.5, 0.6) is 0 Å². The van der Waals surface area contributed by atoms with E-state index >= 15 is 0 Å². The minimum Gasteiger partial charge on any atom is -0.477 e. The van der Waals surface area contributed by atoms with Gasteiger partial charge in [0.2, 0.25) is 5.91 Å². The average molecular weight is 539 g/mol. The second kappa shape index (κ2) is 11.8. The van der Waals surface area contributed by atoms with Crippen LogP contribution in [-0.4, -0.2) is 51.9 Å². The minimum atomic E-state index is -0.995. The maximum absolute atomic E-state index is 14.0. The van der Waals surface area contributed by atoms with Crippen LogP contribution >= 0.6 is 0 Å². The SMILES string of the molecule is Cc1c(C(=O)O)[nH]c2ccc(CC(=O)[C@@H]3[C@H](C4CCCCC4)CCN3C(=O)C3CCC([C@H](C)CF)CC3)cc12. The van der Waals surface area contributed by atoms with Crippen LogP contribution in [0.15, 0.2) is 18.2 Å². The number of hydrogen-bond donors (Lipinski definition) is 2. The first kappa shape index (κ1) is 27.9. The highest BCUT2D eigenvalue weighted by Crippen LogP contribution is 2.42. The Kier molecular flexibility index (Phi) is 8.43. The molecule has 1 amide bonds. The van der Waals surface area contributed by atoms with Crippen molar-refractivity contribution in [2.24, 2.45) is 29.6 Å². The molecular formula is C32H43FN2O4. The summed E-state index contributed by atoms with van der Waals surface area (Å²) in [4.78, 5) is 44.4. The number of carboxylic acids is 1. The van der Waals surface area contributed by atoms with Crippen LogP contribution in [0.4, 0.5) is 4.39 Å². The van der Waals surface area contributed by atoms with Gasteiger partial charge in [-0.05, 0) is 86.0 Å². The number of halogens is 1. The second-order valence-corrected chi connectivity index (χ2v) is 12.5. The Bertz CT molecular complexity index is 1210. The molecule has 3 fully saturated rings. The molecule has 7 heteroatoms. The molecular weight excluding hydrogens is 495 g/mol. The van der Waals surface area contributed by atoms with Crippen molar-refractivity contribution in [1.82, 2.24) is 9.88 Å². The molecule has 3 atom stereocenters. The van der Waals surface area contributed by atoms with Gasteiger partial charge in [0.25, 0.3) is 0 Å². The lowest BCUT2D eigenvalue weighted by atomic mass is 9.74. The summed E-state index contributed by atoms with van der Waals surface area (Å²) < 4.78 is 13.2. The quantitative estimate of drug-likeness (QED) is 0.402. The number of H-pyrrole nitrogens is 1. The van der Waals surface area contributed by atoms with E-state index in [4.69, 9.17) is 0 Å². The van der Waals surface area contributed by atoms with Gasteiger partial charge in [-0.2, -0.15) is 0 Å². The topological polar surface area (TPSA) is 90.5 Å². The number of carbonyl (C=O) groups excluding carboxylic acids is 2. The van der Waals surface area contributed by atoms with Crippen molar-refractivity contribution in [3.63, 3.8) is 0 Å². The molecule has 5 rings (SSSR count). The third-order valence-corrected chi connectivity index (χ3v) is 10.2. The number of aryl methyl sites for hydroxylation is 1. The average Bonchev–Trinajstić information content (AvgIpc) is 3.54. The van der Waals surface area contributed by atoms with Gasteiger partial charge in [0.05, 0.1) is 12.7 Å². The summed E-state index contributed by atoms with van der Waals surface area (Å²) in [6.07, 6.45) is 10.4. The molecule has 0 bridgehead atoms. The highest BCUT2D eigenvalue weighted by molar-refractivity contribution is 5.98. The number of fused-ring (bicyclic) bond motifs is 1. The van der Waals surface area contributed by atoms with Gasteiger partial charge < -0.3 is 15.0 Å². The molecule has 1 aromatic carbocycles. The molecule has 1 saturated heterocycles. The zero-order chi connectivity index (χ0) is 27.7. The number of amides is 1. The fraction of sp³-hybridized carbons (Fsp3) is 0.656. The lowest BCUT2D eigenvalue weighted by molar-refractivity contribution is -0.143. The van der Waals surface area contributed by atoms with Gasteiger partial charge in [-0.3, -0.25) is 14.0 Å². The summed E-state index contributed by atoms with van der Waals surface area (Å²) in [5, 5.41) is 10.3. The molecule has 6 nitrogen and oxygen atoms in total. The van der Waals surface area contributed by atoms with Crippen LogP contribution in [0.3, 0.4) is 0 Å². The smallest absolute Gasteiger partial charge is 0.352 e. The molecule has 2 heterocycles. The highest BCUT2D eigenvalue weighted by atomic mass is 19.1. The van der Waals surface area contributed by atoms with Gasteiger partial charge in [-0.1, -0.05) is 45.1 Å². The number of ketones is 1. The lowest BCUT2D eigenvalue weighted by Gasteiger charge is -2.37. The number of likely N-dealkylation sites (tertiary alicyclic amines) is 1. The highest BCUT2D eigenvalue weighted by Gasteiger charge is 2.46. The van der Waals surface area contributed by atoms with E-state index in [-0.39, 0.29) is 54.3 Å². The summed E-state index contributed by atoms with van der Waals surface area (Å²) in [7, 11) is 0. The van der Waals surface area contributed by atoms with Crippen molar-refractivity contribution in [1.29, 1.82) is 0 Å². The number of hydrogen-bond acceptors (Lipinski definition) is 3. The Balaban J connectivity index is 1.36. The largest absolute Gasteiger partial charge is 0.477 e. The molecule has 0 spiro atoms. The number of aromatic nitrogens is 1. The van der Waals surface area contributed by atoms with Crippen LogP contribution < -0.4 is 0 Å². The van der Waals surface area contributed by atoms with Crippen molar-refractivity contribution in [3.05, 3.63) is 35.0 Å². The number of aromatic amines is 1. The molecule has 1 aromatic heterocycles. The molecule has 2 N–H and O–H groups in total. The summed E-state index contributed by atoms with van der Waals surface area (Å²) >= 11 is 0. The van der Waals surface area contributed by atoms with E-state index in [0.717, 1.165) is 61.4 Å². The molecule has 0 radical (unpaired) electrons. The van der Waals surface area contributed by atoms with E-state index in [0.29, 0.717) is 23.9 Å². The molecule has 2 saturated carbocycles. The standard InChI is InChI=1S/C32H43FN2O4/c1-19(18-33)22-9-11-24(12-10-22)31(37)35-15-14-25(23-6-4-3-5-7-23)30(35)28(36)17-21-8-13-27-26(16-21)20(2)29(34-27)32(38)39/h8,13,16,19,22-25,30,34H,3-7,9-12,14-15,17-18H2,1-2H3,(H,38,39)/t19-,22?,24?,25+,30+/m1/s1. The third-order valence-electron chi connectivity index (χ3n) is 10.2. The molecule has 212 valence electrons. The molecule has 3 aliphatic rings. The van der Waals surface area contributed by atoms with E-state index in [9.17, 15) is 23.9 Å². The van der Waals surface area contributed by atoms with Gasteiger partial charge in [-0.25, -0.2) is 4.79 Å². The van der Waals surface area contributed by atoms with Crippen LogP contribution in [0.1, 0.15) is 92.7 Å². The van der Waals surface area contributed by atoms with Crippen molar-refractivity contribution >= 4 is 28.6 Å². The first-order valence-corrected chi connectivity index (χ1v) is 15.0. The zero-order valence-electron chi connectivity index (χ0n) is 23.4. The van der Waals surface area contributed by atoms with Gasteiger partial charge in [0.1, 0.15) is 5.69 Å². The predicted octanol–water partition coefficient (Wildman–Crippen LogP) is 6.50. The van der Waals surface area contributed by atoms with Crippen LogP contribution in [0.2, 0.25) is 0 Å². The monoisotopic (exact) mass is 538 g/mol. The number of Topliss-reactive ketones (excluding diaryl/α,β-unsaturated/α-hetero) is 1. The Morgan fingerprint density at radius 3 is 2.44 bits per heavy atom. The van der Waals surface area contributed by atoms with Crippen molar-refractivity contribution in [2.45, 2.75) is 90.5 Å². The van der Waals surface area contributed by atoms with Crippen LogP contribution in [0, 0.1) is 36.5 Å². The Hall–Kier alpha value is -2.70. The van der Waals surface area contributed by atoms with Crippen molar-refractivity contribution < 1.29 is 23.9 Å². The third kappa shape index (κ3) is 5.64. The van der Waals surface area contributed by atoms with Crippen LogP contribution in [0.25, 0.3) is 10.9 Å². The Labute approximate surface area is 230 Å². The fourth-order valence-corrected chi connectivity index (χ4v) is 7.83. The van der Waals surface area contributed by atoms with Crippen molar-refractivity contribution in [3.8, 4) is 0 Å². The first-order valence-electron chi connectivity index (χ1n) is 15.0. The normalized spacial score (nSPS) is 27.1. The van der Waals surface area contributed by atoms with E-state index in [2.05, 4.69) is 4.98 Å². The minimum absolute atomic E-state index is 0.0467. The molecule has 39 heavy (non-hydrogen) atoms. The lowest BCUT2D eigenvalue weighted by Crippen LogP contribution is -2.48. The number of alkyl halides is 1. The fourth-order valence-electron chi connectivity index (χ4n) is 7.83. The number of nitrogens with one attached hydrogen (secondary N) is 1. The molecule has 1 aliphatic heterocycles. The molecule has 2 aliphatic carbocycles. The molecule has 2 aromatic rings. The molecule has 0 unspecified atom stereocenters. The summed E-state index contributed by atoms with van der Waals surface area (Å²) in [6.45, 7) is 4.09. The number of nitrogens with zero attached hydrogens (tertiary/aromatic N) is 1. The van der Waals surface area contributed by atoms with E-state index in [1.807, 2.05) is 30.0 Å². The first-order chi connectivity index (χ1) is 18.8. The summed E-state index contributed by atoms with van der Waals surface area (Å²) in [5.74, 6) is 0.249. The Morgan fingerprint density at radius 1 is 1.05 bits per heavy atom. The summed E-state index contributed by atoms with van der Waals surface area (Å²) in [6, 6.07) is 5.28. The number of carboxylic acid groups (broad SMARTS) is 1. The van der Waals surface area contributed by atoms with Gasteiger partial charge in [0.15, 0.2) is 5.78 Å². The van der Waals surface area contributed by atoms with E-state index in [1.165, 1.54) is 19.3 Å². The maximum Gasteiger partial charge on any atom is 0.352 e. The number of benzene rings is 1. The van der Waals surface area contributed by atoms with Gasteiger partial charge in [0, 0.05) is 29.8 Å². The van der Waals surface area contributed by atoms with Crippen LogP contribution in [-0.2, 0) is 16.0 Å². The number of rotatable bonds is 8. The predicted molar refractivity (Wildman–Crippen MR) is 149 cm³/mol.